The topological polar surface area (TPSA) is 114 Å². The van der Waals surface area contributed by atoms with E-state index in [0.717, 1.165) is 0 Å². The van der Waals surface area contributed by atoms with Crippen molar-refractivity contribution in [3.63, 3.8) is 0 Å². The molecule has 0 aliphatic heterocycles. The van der Waals surface area contributed by atoms with Crippen molar-refractivity contribution in [3.05, 3.63) is 29.8 Å². The Kier molecular flexibility index (Phi) is 16.0. The number of esters is 1. The minimum atomic E-state index is -0.877. The molecule has 0 fully saturated rings. The highest BCUT2D eigenvalue weighted by atomic mass is 35.5. The molecule has 2 N–H and O–H groups in total. The Balaban J connectivity index is 0. The van der Waals surface area contributed by atoms with E-state index in [1.54, 1.807) is 36.0 Å². The van der Waals surface area contributed by atoms with Gasteiger partial charge in [0, 0.05) is 27.7 Å². The summed E-state index contributed by atoms with van der Waals surface area (Å²) >= 11 is 13.0. The maximum absolute atomic E-state index is 12.8. The van der Waals surface area contributed by atoms with Crippen molar-refractivity contribution >= 4 is 59.3 Å². The van der Waals surface area contributed by atoms with Crippen molar-refractivity contribution in [3.8, 4) is 5.75 Å². The number of halogens is 2. The summed E-state index contributed by atoms with van der Waals surface area (Å²) in [5.74, 6) is 0.580. The molecule has 0 saturated heterocycles. The number of ether oxygens (including phenoxy) is 2. The first-order valence-electron chi connectivity index (χ1n) is 11.6. The van der Waals surface area contributed by atoms with Crippen LogP contribution >= 0.6 is 35.0 Å². The highest BCUT2D eigenvalue weighted by molar-refractivity contribution is 7.98. The van der Waals surface area contributed by atoms with E-state index in [9.17, 15) is 19.2 Å². The van der Waals surface area contributed by atoms with Gasteiger partial charge in [0.2, 0.25) is 12.3 Å². The predicted molar refractivity (Wildman–Crippen MR) is 147 cm³/mol. The summed E-state index contributed by atoms with van der Waals surface area (Å²) in [4.78, 5) is 50.0. The minimum absolute atomic E-state index is 0. The molecule has 0 unspecified atom stereocenters. The second-order valence-corrected chi connectivity index (χ2v) is 10.0. The van der Waals surface area contributed by atoms with Crippen LogP contribution in [0.4, 0.5) is 4.79 Å². The lowest BCUT2D eigenvalue weighted by Gasteiger charge is -2.22. The van der Waals surface area contributed by atoms with Gasteiger partial charge in [-0.15, -0.1) is 23.2 Å². The minimum Gasteiger partial charge on any atom is -0.445 e. The summed E-state index contributed by atoms with van der Waals surface area (Å²) in [7, 11) is 0. The number of amides is 3. The van der Waals surface area contributed by atoms with Crippen molar-refractivity contribution in [1.29, 1.82) is 0 Å². The van der Waals surface area contributed by atoms with Crippen LogP contribution in [0.3, 0.4) is 0 Å². The number of nitrogens with one attached hydrogen (secondary N) is 2. The third-order valence-corrected chi connectivity index (χ3v) is 5.96. The first kappa shape index (κ1) is 31.9. The van der Waals surface area contributed by atoms with Gasteiger partial charge in [0.05, 0.1) is 0 Å². The zero-order valence-corrected chi connectivity index (χ0v) is 23.2. The van der Waals surface area contributed by atoms with E-state index in [1.807, 2.05) is 20.1 Å². The van der Waals surface area contributed by atoms with Crippen LogP contribution in [0.25, 0.3) is 0 Å². The summed E-state index contributed by atoms with van der Waals surface area (Å²) in [5, 5.41) is 5.21. The van der Waals surface area contributed by atoms with E-state index in [1.165, 1.54) is 4.90 Å². The third kappa shape index (κ3) is 12.2. The Morgan fingerprint density at radius 2 is 1.75 bits per heavy atom. The maximum Gasteiger partial charge on any atom is 0.410 e. The molecule has 0 saturated carbocycles. The lowest BCUT2D eigenvalue weighted by atomic mass is 10.0. The monoisotopic (exact) mass is 567 g/mol. The SMILES string of the molecule is CSCC[C@H](NC=O)C(=O)N[C@@H](CC(C)C)C(=O)Oc1ccc(COC(=O)N(CCCl)CCCl)cc1.[HH].[HH]. The van der Waals surface area contributed by atoms with Crippen LogP contribution in [0, 0.1) is 5.92 Å². The predicted octanol–water partition coefficient (Wildman–Crippen LogP) is 3.90. The summed E-state index contributed by atoms with van der Waals surface area (Å²) in [6.07, 6.45) is 2.68. The Morgan fingerprint density at radius 1 is 1.11 bits per heavy atom. The van der Waals surface area contributed by atoms with Gasteiger partial charge in [-0.3, -0.25) is 9.59 Å². The number of hydrogen-bond acceptors (Lipinski definition) is 7. The van der Waals surface area contributed by atoms with E-state index >= 15 is 0 Å². The Bertz CT molecular complexity index is 834. The maximum atomic E-state index is 12.8. The first-order valence-corrected chi connectivity index (χ1v) is 14.0. The summed E-state index contributed by atoms with van der Waals surface area (Å²) in [6, 6.07) is 4.90. The van der Waals surface area contributed by atoms with Crippen LogP contribution in [0.1, 0.15) is 35.1 Å². The van der Waals surface area contributed by atoms with Gasteiger partial charge in [0.1, 0.15) is 24.4 Å². The molecule has 0 aliphatic carbocycles. The number of carbonyl (C=O) groups excluding carboxylic acids is 4. The van der Waals surface area contributed by atoms with Gasteiger partial charge in [-0.1, -0.05) is 26.0 Å². The molecule has 2 atom stereocenters. The summed E-state index contributed by atoms with van der Waals surface area (Å²) in [5.41, 5.74) is 0.698. The number of nitrogens with zero attached hydrogens (tertiary/aromatic N) is 1. The van der Waals surface area contributed by atoms with Crippen LogP contribution < -0.4 is 15.4 Å². The van der Waals surface area contributed by atoms with Crippen molar-refractivity contribution in [1.82, 2.24) is 15.5 Å². The zero-order chi connectivity index (χ0) is 26.9. The molecule has 36 heavy (non-hydrogen) atoms. The highest BCUT2D eigenvalue weighted by Gasteiger charge is 2.27. The summed E-state index contributed by atoms with van der Waals surface area (Å²) < 4.78 is 10.8. The molecule has 1 rings (SSSR count). The molecule has 0 spiro atoms. The number of benzene rings is 1. The molecule has 12 heteroatoms. The number of hydrogen-bond donors (Lipinski definition) is 2. The van der Waals surface area contributed by atoms with E-state index < -0.39 is 30.1 Å². The zero-order valence-electron chi connectivity index (χ0n) is 20.8. The van der Waals surface area contributed by atoms with Crippen LogP contribution in [0.2, 0.25) is 0 Å². The van der Waals surface area contributed by atoms with Gasteiger partial charge in [0.15, 0.2) is 0 Å². The van der Waals surface area contributed by atoms with Gasteiger partial charge in [-0.05, 0) is 48.5 Å². The molecule has 0 heterocycles. The highest BCUT2D eigenvalue weighted by Crippen LogP contribution is 2.16. The average molecular weight is 569 g/mol. The number of rotatable bonds is 17. The van der Waals surface area contributed by atoms with Gasteiger partial charge < -0.3 is 25.0 Å². The van der Waals surface area contributed by atoms with Crippen molar-refractivity contribution < 1.29 is 31.5 Å². The van der Waals surface area contributed by atoms with Crippen LogP contribution in [0.5, 0.6) is 5.75 Å². The van der Waals surface area contributed by atoms with Gasteiger partial charge in [-0.2, -0.15) is 11.8 Å². The quantitative estimate of drug-likeness (QED) is 0.127. The van der Waals surface area contributed by atoms with Crippen molar-refractivity contribution in [2.45, 2.75) is 45.4 Å². The van der Waals surface area contributed by atoms with E-state index in [0.29, 0.717) is 43.7 Å². The number of alkyl halides is 2. The molecule has 0 bridgehead atoms. The van der Waals surface area contributed by atoms with E-state index in [2.05, 4.69) is 10.6 Å². The molecule has 3 amide bonds. The normalized spacial score (nSPS) is 12.4. The van der Waals surface area contributed by atoms with Crippen molar-refractivity contribution in [2.24, 2.45) is 5.92 Å². The standard InChI is InChI=1S/C24H35Cl2N3O6S.2H2/c1-17(2)14-21(28-22(31)20(27-16-30)8-13-36-3)23(32)35-19-6-4-18(5-7-19)15-34-24(33)29(11-9-25)12-10-26;;/h4-7,16-17,20-21H,8-15H2,1-3H3,(H,27,30)(H,28,31);2*1H/t20-,21-;;/m0../s1. The summed E-state index contributed by atoms with van der Waals surface area (Å²) in [6.45, 7) is 4.55. The van der Waals surface area contributed by atoms with Gasteiger partial charge >= 0.3 is 12.1 Å². The van der Waals surface area contributed by atoms with E-state index in [-0.39, 0.29) is 32.9 Å². The van der Waals surface area contributed by atoms with Crippen LogP contribution in [-0.4, -0.2) is 78.2 Å². The van der Waals surface area contributed by atoms with Crippen LogP contribution in [-0.2, 0) is 25.7 Å². The molecule has 9 nitrogen and oxygen atoms in total. The molecular formula is C24H39Cl2N3O6S. The molecular weight excluding hydrogens is 529 g/mol. The fourth-order valence-corrected chi connectivity index (χ4v) is 4.02. The first-order chi connectivity index (χ1) is 17.2. The smallest absolute Gasteiger partial charge is 0.410 e. The largest absolute Gasteiger partial charge is 0.445 e. The second kappa shape index (κ2) is 18.1. The number of carbonyl (C=O) groups is 4. The molecule has 1 aromatic rings. The Labute approximate surface area is 229 Å². The lowest BCUT2D eigenvalue weighted by molar-refractivity contribution is -0.140. The average Bonchev–Trinajstić information content (AvgIpc) is 2.85. The van der Waals surface area contributed by atoms with Gasteiger partial charge in [-0.25, -0.2) is 9.59 Å². The Hall–Kier alpha value is -2.17. The molecule has 0 aromatic heterocycles. The third-order valence-electron chi connectivity index (χ3n) is 4.98. The van der Waals surface area contributed by atoms with Crippen LogP contribution in [0.15, 0.2) is 24.3 Å². The fraction of sp³-hybridized carbons (Fsp3) is 0.583. The Morgan fingerprint density at radius 3 is 2.28 bits per heavy atom. The van der Waals surface area contributed by atoms with Gasteiger partial charge in [0.25, 0.3) is 0 Å². The molecule has 0 aliphatic rings. The van der Waals surface area contributed by atoms with Crippen molar-refractivity contribution in [2.75, 3.05) is 36.9 Å². The second-order valence-electron chi connectivity index (χ2n) is 8.29. The fourth-order valence-electron chi connectivity index (χ4n) is 3.14. The molecule has 0 radical (unpaired) electrons. The lowest BCUT2D eigenvalue weighted by Crippen LogP contribution is -2.51. The molecule has 1 aromatic carbocycles. The number of thioether (sulfide) groups is 1. The molecule has 206 valence electrons. The van der Waals surface area contributed by atoms with E-state index in [4.69, 9.17) is 32.7 Å².